The van der Waals surface area contributed by atoms with Crippen molar-refractivity contribution in [2.24, 2.45) is 5.73 Å². The summed E-state index contributed by atoms with van der Waals surface area (Å²) >= 11 is 0. The molecule has 92 valence electrons. The van der Waals surface area contributed by atoms with Gasteiger partial charge in [-0.15, -0.1) is 0 Å². The van der Waals surface area contributed by atoms with Crippen molar-refractivity contribution in [1.29, 1.82) is 0 Å². The summed E-state index contributed by atoms with van der Waals surface area (Å²) in [5.74, 6) is 0. The van der Waals surface area contributed by atoms with Crippen LogP contribution in [0.25, 0.3) is 0 Å². The normalized spacial score (nSPS) is 26.1. The highest BCUT2D eigenvalue weighted by Gasteiger charge is 2.32. The van der Waals surface area contributed by atoms with Gasteiger partial charge in [0.1, 0.15) is 0 Å². The van der Waals surface area contributed by atoms with Gasteiger partial charge in [-0.1, -0.05) is 24.3 Å². The first-order chi connectivity index (χ1) is 8.38. The average molecular weight is 232 g/mol. The number of fused-ring (bicyclic) bond motifs is 1. The fraction of sp³-hybridized carbons (Fsp3) is 0.571. The standard InChI is InChI=1S/C14H20N2O/c15-8-13(14-6-3-7-17-14)16-9-11-4-1-2-5-12(11)10-16/h1-2,4-5,13-14H,3,6-10,15H2. The number of benzene rings is 1. The molecular weight excluding hydrogens is 212 g/mol. The third-order valence-electron chi connectivity index (χ3n) is 3.97. The van der Waals surface area contributed by atoms with E-state index in [1.54, 1.807) is 0 Å². The maximum absolute atomic E-state index is 5.95. The van der Waals surface area contributed by atoms with E-state index in [9.17, 15) is 0 Å². The van der Waals surface area contributed by atoms with Crippen molar-refractivity contribution in [3.05, 3.63) is 35.4 Å². The van der Waals surface area contributed by atoms with E-state index in [1.807, 2.05) is 0 Å². The van der Waals surface area contributed by atoms with Crippen LogP contribution in [0.3, 0.4) is 0 Å². The summed E-state index contributed by atoms with van der Waals surface area (Å²) < 4.78 is 5.80. The molecule has 2 atom stereocenters. The Morgan fingerprint density at radius 1 is 1.29 bits per heavy atom. The number of ether oxygens (including phenoxy) is 1. The van der Waals surface area contributed by atoms with Gasteiger partial charge in [0.25, 0.3) is 0 Å². The number of hydrogen-bond acceptors (Lipinski definition) is 3. The second kappa shape index (κ2) is 4.77. The zero-order valence-electron chi connectivity index (χ0n) is 10.1. The summed E-state index contributed by atoms with van der Waals surface area (Å²) in [5.41, 5.74) is 8.84. The summed E-state index contributed by atoms with van der Waals surface area (Å²) in [7, 11) is 0. The predicted molar refractivity (Wildman–Crippen MR) is 67.5 cm³/mol. The summed E-state index contributed by atoms with van der Waals surface area (Å²) in [6.07, 6.45) is 2.69. The van der Waals surface area contributed by atoms with E-state index in [4.69, 9.17) is 10.5 Å². The van der Waals surface area contributed by atoms with E-state index < -0.39 is 0 Å². The first-order valence-corrected chi connectivity index (χ1v) is 6.51. The molecule has 0 bridgehead atoms. The molecular formula is C14H20N2O. The molecule has 1 saturated heterocycles. The molecule has 0 radical (unpaired) electrons. The molecule has 0 amide bonds. The van der Waals surface area contributed by atoms with E-state index >= 15 is 0 Å². The van der Waals surface area contributed by atoms with Gasteiger partial charge in [0, 0.05) is 32.3 Å². The monoisotopic (exact) mass is 232 g/mol. The molecule has 3 heteroatoms. The van der Waals surface area contributed by atoms with Gasteiger partial charge in [0.05, 0.1) is 6.10 Å². The molecule has 0 aromatic heterocycles. The van der Waals surface area contributed by atoms with E-state index in [2.05, 4.69) is 29.2 Å². The summed E-state index contributed by atoms with van der Waals surface area (Å²) in [6, 6.07) is 9.05. The van der Waals surface area contributed by atoms with E-state index in [0.29, 0.717) is 18.7 Å². The Kier molecular flexibility index (Phi) is 3.14. The zero-order valence-corrected chi connectivity index (χ0v) is 10.1. The molecule has 3 rings (SSSR count). The van der Waals surface area contributed by atoms with Crippen LogP contribution in [0.1, 0.15) is 24.0 Å². The third-order valence-corrected chi connectivity index (χ3v) is 3.97. The Hall–Kier alpha value is -0.900. The Labute approximate surface area is 103 Å². The minimum absolute atomic E-state index is 0.342. The van der Waals surface area contributed by atoms with Gasteiger partial charge in [-0.3, -0.25) is 4.90 Å². The van der Waals surface area contributed by atoms with Crippen molar-refractivity contribution < 1.29 is 4.74 Å². The third kappa shape index (κ3) is 2.10. The SMILES string of the molecule is NCC(C1CCCO1)N1Cc2ccccc2C1. The first kappa shape index (κ1) is 11.2. The van der Waals surface area contributed by atoms with Crippen molar-refractivity contribution >= 4 is 0 Å². The van der Waals surface area contributed by atoms with Gasteiger partial charge in [-0.25, -0.2) is 0 Å². The van der Waals surface area contributed by atoms with Crippen LogP contribution < -0.4 is 5.73 Å². The van der Waals surface area contributed by atoms with Gasteiger partial charge < -0.3 is 10.5 Å². The molecule has 1 aromatic carbocycles. The Morgan fingerprint density at radius 2 is 2.00 bits per heavy atom. The molecule has 2 unspecified atom stereocenters. The minimum atomic E-state index is 0.342. The number of nitrogens with two attached hydrogens (primary N) is 1. The lowest BCUT2D eigenvalue weighted by molar-refractivity contribution is 0.0254. The highest BCUT2D eigenvalue weighted by Crippen LogP contribution is 2.28. The number of nitrogens with zero attached hydrogens (tertiary/aromatic N) is 1. The largest absolute Gasteiger partial charge is 0.377 e. The molecule has 1 fully saturated rings. The molecule has 2 heterocycles. The van der Waals surface area contributed by atoms with Gasteiger partial charge in [0.15, 0.2) is 0 Å². The fourth-order valence-electron chi connectivity index (χ4n) is 3.04. The average Bonchev–Trinajstić information content (AvgIpc) is 2.98. The first-order valence-electron chi connectivity index (χ1n) is 6.51. The topological polar surface area (TPSA) is 38.5 Å². The zero-order chi connectivity index (χ0) is 11.7. The second-order valence-electron chi connectivity index (χ2n) is 5.03. The molecule has 1 aromatic rings. The molecule has 2 aliphatic heterocycles. The predicted octanol–water partition coefficient (Wildman–Crippen LogP) is 1.51. The highest BCUT2D eigenvalue weighted by molar-refractivity contribution is 5.30. The summed E-state index contributed by atoms with van der Waals surface area (Å²) in [5, 5.41) is 0. The van der Waals surface area contributed by atoms with Gasteiger partial charge in [-0.2, -0.15) is 0 Å². The van der Waals surface area contributed by atoms with Crippen molar-refractivity contribution in [1.82, 2.24) is 4.90 Å². The Bertz CT molecular complexity index is 363. The lowest BCUT2D eigenvalue weighted by Crippen LogP contribution is -2.45. The quantitative estimate of drug-likeness (QED) is 0.858. The van der Waals surface area contributed by atoms with E-state index in [1.165, 1.54) is 17.5 Å². The fourth-order valence-corrected chi connectivity index (χ4v) is 3.04. The van der Waals surface area contributed by atoms with Crippen LogP contribution in [-0.2, 0) is 17.8 Å². The van der Waals surface area contributed by atoms with Crippen molar-refractivity contribution in [2.75, 3.05) is 13.2 Å². The summed E-state index contributed by atoms with van der Waals surface area (Å²) in [4.78, 5) is 2.47. The van der Waals surface area contributed by atoms with Crippen LogP contribution in [0.5, 0.6) is 0 Å². The molecule has 0 aliphatic carbocycles. The number of hydrogen-bond donors (Lipinski definition) is 1. The molecule has 2 N–H and O–H groups in total. The molecule has 0 spiro atoms. The van der Waals surface area contributed by atoms with Crippen LogP contribution in [0.15, 0.2) is 24.3 Å². The highest BCUT2D eigenvalue weighted by atomic mass is 16.5. The van der Waals surface area contributed by atoms with Crippen molar-refractivity contribution in [3.63, 3.8) is 0 Å². The van der Waals surface area contributed by atoms with Crippen LogP contribution >= 0.6 is 0 Å². The Balaban J connectivity index is 1.73. The second-order valence-corrected chi connectivity index (χ2v) is 5.03. The number of rotatable bonds is 3. The van der Waals surface area contributed by atoms with Crippen LogP contribution in [0, 0.1) is 0 Å². The van der Waals surface area contributed by atoms with Crippen molar-refractivity contribution in [2.45, 2.75) is 38.1 Å². The van der Waals surface area contributed by atoms with Crippen LogP contribution in [0.4, 0.5) is 0 Å². The smallest absolute Gasteiger partial charge is 0.0743 e. The van der Waals surface area contributed by atoms with Crippen molar-refractivity contribution in [3.8, 4) is 0 Å². The van der Waals surface area contributed by atoms with Gasteiger partial charge >= 0.3 is 0 Å². The van der Waals surface area contributed by atoms with E-state index in [0.717, 1.165) is 26.1 Å². The molecule has 3 nitrogen and oxygen atoms in total. The molecule has 0 saturated carbocycles. The van der Waals surface area contributed by atoms with Gasteiger partial charge in [-0.05, 0) is 24.0 Å². The van der Waals surface area contributed by atoms with Gasteiger partial charge in [0.2, 0.25) is 0 Å². The Morgan fingerprint density at radius 3 is 2.53 bits per heavy atom. The van der Waals surface area contributed by atoms with Crippen LogP contribution in [0.2, 0.25) is 0 Å². The summed E-state index contributed by atoms with van der Waals surface area (Å²) in [6.45, 7) is 3.65. The molecule has 2 aliphatic rings. The lowest BCUT2D eigenvalue weighted by atomic mass is 10.1. The van der Waals surface area contributed by atoms with E-state index in [-0.39, 0.29) is 0 Å². The minimum Gasteiger partial charge on any atom is -0.377 e. The lowest BCUT2D eigenvalue weighted by Gasteiger charge is -2.30. The maximum Gasteiger partial charge on any atom is 0.0743 e. The van der Waals surface area contributed by atoms with Crippen LogP contribution in [-0.4, -0.2) is 30.2 Å². The maximum atomic E-state index is 5.95. The molecule has 17 heavy (non-hydrogen) atoms.